The average molecular weight is 940 g/mol. The van der Waals surface area contributed by atoms with Crippen molar-refractivity contribution in [2.75, 3.05) is 0 Å². The van der Waals surface area contributed by atoms with E-state index in [0.29, 0.717) is 11.8 Å². The number of para-hydroxylation sites is 3. The Morgan fingerprint density at radius 2 is 0.718 bits per heavy atom. The van der Waals surface area contributed by atoms with E-state index in [1.807, 2.05) is 0 Å². The van der Waals surface area contributed by atoms with E-state index in [2.05, 4.69) is 243 Å². The van der Waals surface area contributed by atoms with Gasteiger partial charge in [0.15, 0.2) is 33.1 Å². The summed E-state index contributed by atoms with van der Waals surface area (Å²) in [7, 11) is 0. The second-order valence-electron chi connectivity index (χ2n) is 24.9. The van der Waals surface area contributed by atoms with Gasteiger partial charge in [-0.25, -0.2) is 13.7 Å². The Kier molecular flexibility index (Phi) is 10.7. The topological polar surface area (TPSA) is 26.4 Å². The minimum absolute atomic E-state index is 0.0883. The molecular weight excluding hydrogens is 865 g/mol. The molecule has 6 nitrogen and oxygen atoms in total. The van der Waals surface area contributed by atoms with Crippen molar-refractivity contribution >= 4 is 33.1 Å². The van der Waals surface area contributed by atoms with Gasteiger partial charge in [-0.2, -0.15) is 13.7 Å². The van der Waals surface area contributed by atoms with Gasteiger partial charge < -0.3 is 0 Å². The van der Waals surface area contributed by atoms with Gasteiger partial charge in [-0.15, -0.1) is 0 Å². The van der Waals surface area contributed by atoms with Gasteiger partial charge in [-0.1, -0.05) is 124 Å². The van der Waals surface area contributed by atoms with E-state index >= 15 is 0 Å². The van der Waals surface area contributed by atoms with Crippen molar-refractivity contribution in [2.24, 2.45) is 5.92 Å². The Hall–Kier alpha value is -6.27. The van der Waals surface area contributed by atoms with Gasteiger partial charge in [-0.05, 0) is 178 Å². The van der Waals surface area contributed by atoms with Crippen molar-refractivity contribution in [3.8, 4) is 17.1 Å². The van der Waals surface area contributed by atoms with E-state index < -0.39 is 0 Å². The third-order valence-electron chi connectivity index (χ3n) is 18.1. The molecule has 0 fully saturated rings. The minimum Gasteiger partial charge on any atom is -0.229 e. The molecule has 6 heteroatoms. The first-order valence-corrected chi connectivity index (χ1v) is 26.9. The first-order valence-electron chi connectivity index (χ1n) is 26.9. The SMILES string of the molecule is CC1CCC(C)(C)c2cc3c(cc21)[n+](CC(C[n+]1cn(-c2ccccc2)c2cc4c(cc21)C(C)CCC4(C)C)C[n+]1cn(-c2ccccc2)c2cc4c(cc21)C(C)(C)CCC4(C)C)cn3-c1ccccc1. The highest BCUT2D eigenvalue weighted by atomic mass is 15.2. The Morgan fingerprint density at radius 1 is 0.408 bits per heavy atom. The lowest BCUT2D eigenvalue weighted by Crippen LogP contribution is -2.50. The van der Waals surface area contributed by atoms with E-state index in [1.54, 1.807) is 0 Å². The molecule has 0 aliphatic heterocycles. The van der Waals surface area contributed by atoms with Gasteiger partial charge in [0, 0.05) is 0 Å². The van der Waals surface area contributed by atoms with Crippen LogP contribution in [0.1, 0.15) is 153 Å². The van der Waals surface area contributed by atoms with Crippen LogP contribution < -0.4 is 13.7 Å². The lowest BCUT2D eigenvalue weighted by Gasteiger charge is -2.41. The van der Waals surface area contributed by atoms with Gasteiger partial charge >= 0.3 is 0 Å². The monoisotopic (exact) mass is 940 g/mol. The maximum atomic E-state index is 2.62. The molecule has 3 aliphatic carbocycles. The number of benzene rings is 6. The van der Waals surface area contributed by atoms with Crippen LogP contribution in [0.3, 0.4) is 0 Å². The molecule has 2 unspecified atom stereocenters. The lowest BCUT2D eigenvalue weighted by molar-refractivity contribution is -0.746. The largest absolute Gasteiger partial charge is 0.249 e. The van der Waals surface area contributed by atoms with Crippen molar-refractivity contribution in [1.29, 1.82) is 0 Å². The number of rotatable bonds is 9. The summed E-state index contributed by atoms with van der Waals surface area (Å²) in [6.45, 7) is 27.1. The predicted molar refractivity (Wildman–Crippen MR) is 291 cm³/mol. The average Bonchev–Trinajstić information content (AvgIpc) is 4.03. The minimum atomic E-state index is 0.0883. The van der Waals surface area contributed by atoms with E-state index in [9.17, 15) is 0 Å². The smallest absolute Gasteiger partial charge is 0.229 e. The number of hydrogen-bond acceptors (Lipinski definition) is 0. The van der Waals surface area contributed by atoms with Crippen LogP contribution in [-0.2, 0) is 41.3 Å². The molecule has 362 valence electrons. The molecule has 3 aliphatic rings. The van der Waals surface area contributed by atoms with Gasteiger partial charge in [0.05, 0.1) is 5.92 Å². The lowest BCUT2D eigenvalue weighted by atomic mass is 9.63. The molecule has 0 N–H and O–H groups in total. The molecule has 0 saturated carbocycles. The molecule has 2 atom stereocenters. The van der Waals surface area contributed by atoms with E-state index in [0.717, 1.165) is 19.6 Å². The number of imidazole rings is 3. The molecule has 71 heavy (non-hydrogen) atoms. The Bertz CT molecular complexity index is 3340. The number of aromatic nitrogens is 6. The molecule has 0 spiro atoms. The van der Waals surface area contributed by atoms with Crippen LogP contribution in [-0.4, -0.2) is 13.7 Å². The Labute approximate surface area is 422 Å². The predicted octanol–water partition coefficient (Wildman–Crippen LogP) is 14.1. The second kappa shape index (κ2) is 16.6. The van der Waals surface area contributed by atoms with Crippen LogP contribution in [0.4, 0.5) is 0 Å². The zero-order chi connectivity index (χ0) is 49.2. The molecule has 0 radical (unpaired) electrons. The van der Waals surface area contributed by atoms with E-state index in [1.165, 1.54) is 122 Å². The summed E-state index contributed by atoms with van der Waals surface area (Å²) in [6.07, 6.45) is 14.5. The molecule has 6 aromatic carbocycles. The summed E-state index contributed by atoms with van der Waals surface area (Å²) < 4.78 is 15.3. The number of nitrogens with zero attached hydrogens (tertiary/aromatic N) is 6. The maximum absolute atomic E-state index is 2.62. The van der Waals surface area contributed by atoms with Crippen molar-refractivity contribution in [2.45, 2.75) is 161 Å². The fourth-order valence-corrected chi connectivity index (χ4v) is 13.4. The van der Waals surface area contributed by atoms with Crippen LogP contribution in [0.15, 0.2) is 146 Å². The molecular formula is C65H75N6+3. The molecule has 9 aromatic rings. The molecule has 0 amide bonds. The second-order valence-corrected chi connectivity index (χ2v) is 24.9. The van der Waals surface area contributed by atoms with Crippen LogP contribution >= 0.6 is 0 Å². The van der Waals surface area contributed by atoms with Crippen LogP contribution in [0.5, 0.6) is 0 Å². The highest BCUT2D eigenvalue weighted by Gasteiger charge is 2.41. The van der Waals surface area contributed by atoms with Crippen LogP contribution in [0.25, 0.3) is 50.2 Å². The quantitative estimate of drug-likeness (QED) is 0.129. The molecule has 12 rings (SSSR count). The normalized spacial score (nSPS) is 20.2. The number of fused-ring (bicyclic) bond motifs is 6. The first kappa shape index (κ1) is 45.8. The molecule has 0 bridgehead atoms. The maximum Gasteiger partial charge on any atom is 0.249 e. The summed E-state index contributed by atoms with van der Waals surface area (Å²) in [4.78, 5) is 0. The fourth-order valence-electron chi connectivity index (χ4n) is 13.4. The van der Waals surface area contributed by atoms with E-state index in [4.69, 9.17) is 0 Å². The van der Waals surface area contributed by atoms with Crippen LogP contribution in [0, 0.1) is 5.92 Å². The fraction of sp³-hybridized carbons (Fsp3) is 0.400. The summed E-state index contributed by atoms with van der Waals surface area (Å²) in [6, 6.07) is 48.5. The van der Waals surface area contributed by atoms with Crippen molar-refractivity contribution in [3.05, 3.63) is 180 Å². The Balaban J connectivity index is 1.08. The van der Waals surface area contributed by atoms with Crippen LogP contribution in [0.2, 0.25) is 0 Å². The van der Waals surface area contributed by atoms with Gasteiger partial charge in [0.25, 0.3) is 0 Å². The standard InChI is InChI=1S/C65H75N6/c1-44-26-28-62(3,4)52-34-59-56(32-50(44)52)66(41-69(59)47-20-14-11-15-21-47)38-46(39-67-42-70(48-22-16-12-17-23-48)60-35-53-51(33-57(60)67)45(2)27-29-63(53,5)6)40-68-43-71(49-24-18-13-19-25-49)61-37-55-54(36-58(61)68)64(7,8)30-31-65(55,9)10/h11-25,32-37,41-46H,26-31,38-40H2,1-10H3/q+3. The first-order chi connectivity index (χ1) is 34.0. The number of hydrogen-bond donors (Lipinski definition) is 0. The summed E-state index contributed by atoms with van der Waals surface area (Å²) in [5.41, 5.74) is 20.9. The van der Waals surface area contributed by atoms with E-state index in [-0.39, 0.29) is 27.6 Å². The van der Waals surface area contributed by atoms with Gasteiger partial charge in [0.2, 0.25) is 19.0 Å². The van der Waals surface area contributed by atoms with Gasteiger partial charge in [-0.3, -0.25) is 0 Å². The highest BCUT2D eigenvalue weighted by Crippen LogP contribution is 2.48. The van der Waals surface area contributed by atoms with Gasteiger partial charge in [0.1, 0.15) is 36.7 Å². The molecule has 3 heterocycles. The highest BCUT2D eigenvalue weighted by molar-refractivity contribution is 5.80. The van der Waals surface area contributed by atoms with Crippen molar-refractivity contribution < 1.29 is 13.7 Å². The summed E-state index contributed by atoms with van der Waals surface area (Å²) >= 11 is 0. The van der Waals surface area contributed by atoms with Crippen molar-refractivity contribution in [3.63, 3.8) is 0 Å². The molecule has 0 saturated heterocycles. The third kappa shape index (κ3) is 7.78. The zero-order valence-electron chi connectivity index (χ0n) is 44.1. The summed E-state index contributed by atoms with van der Waals surface area (Å²) in [5.74, 6) is 1.24. The molecule has 3 aromatic heterocycles. The Morgan fingerprint density at radius 3 is 1.08 bits per heavy atom. The zero-order valence-corrected chi connectivity index (χ0v) is 44.1. The van der Waals surface area contributed by atoms with Crippen molar-refractivity contribution in [1.82, 2.24) is 13.7 Å². The summed E-state index contributed by atoms with van der Waals surface area (Å²) in [5, 5.41) is 0. The third-order valence-corrected chi connectivity index (χ3v) is 18.1.